The van der Waals surface area contributed by atoms with Crippen LogP contribution < -0.4 is 0 Å². The Morgan fingerprint density at radius 3 is 2.67 bits per heavy atom. The number of sulfone groups is 1. The summed E-state index contributed by atoms with van der Waals surface area (Å²) in [6, 6.07) is 8.66. The van der Waals surface area contributed by atoms with Crippen LogP contribution in [0.4, 0.5) is 0 Å². The lowest BCUT2D eigenvalue weighted by Crippen LogP contribution is -2.41. The number of benzene rings is 1. The molecule has 98 valence electrons. The molecule has 0 unspecified atom stereocenters. The minimum absolute atomic E-state index is 0.335. The Kier molecular flexibility index (Phi) is 3.16. The summed E-state index contributed by atoms with van der Waals surface area (Å²) in [6.07, 6.45) is 2.38. The van der Waals surface area contributed by atoms with Crippen molar-refractivity contribution >= 4 is 9.84 Å². The maximum Gasteiger partial charge on any atom is 0.152 e. The molecule has 0 saturated carbocycles. The van der Waals surface area contributed by atoms with Crippen molar-refractivity contribution < 1.29 is 8.42 Å². The van der Waals surface area contributed by atoms with Gasteiger partial charge in [-0.05, 0) is 29.9 Å². The predicted octanol–water partition coefficient (Wildman–Crippen LogP) is 1.45. The van der Waals surface area contributed by atoms with E-state index in [-0.39, 0.29) is 0 Å². The van der Waals surface area contributed by atoms with Crippen LogP contribution in [0.3, 0.4) is 0 Å². The van der Waals surface area contributed by atoms with Crippen LogP contribution >= 0.6 is 0 Å². The fourth-order valence-corrected chi connectivity index (χ4v) is 4.36. The lowest BCUT2D eigenvalue weighted by atomic mass is 10.0. The van der Waals surface area contributed by atoms with Crippen LogP contribution in [0.15, 0.2) is 24.3 Å². The molecule has 1 aromatic carbocycles. The van der Waals surface area contributed by atoms with E-state index in [9.17, 15) is 8.42 Å². The Bertz CT molecular complexity index is 524. The summed E-state index contributed by atoms with van der Waals surface area (Å²) in [5.41, 5.74) is 2.96. The van der Waals surface area contributed by atoms with Gasteiger partial charge in [0.1, 0.15) is 0 Å². The number of hydrogen-bond donors (Lipinski definition) is 0. The van der Waals surface area contributed by atoms with E-state index in [1.54, 1.807) is 0 Å². The second-order valence-corrected chi connectivity index (χ2v) is 7.69. The first kappa shape index (κ1) is 12.2. The summed E-state index contributed by atoms with van der Waals surface area (Å²) in [6.45, 7) is 2.44. The normalized spacial score (nSPS) is 27.0. The highest BCUT2D eigenvalue weighted by atomic mass is 32.2. The van der Waals surface area contributed by atoms with Crippen LogP contribution in [0.25, 0.3) is 0 Å². The summed E-state index contributed by atoms with van der Waals surface area (Å²) < 4.78 is 22.8. The van der Waals surface area contributed by atoms with Gasteiger partial charge in [-0.2, -0.15) is 0 Å². The van der Waals surface area contributed by atoms with Gasteiger partial charge in [0.15, 0.2) is 9.84 Å². The van der Waals surface area contributed by atoms with E-state index in [0.29, 0.717) is 30.5 Å². The van der Waals surface area contributed by atoms with Gasteiger partial charge in [0.25, 0.3) is 0 Å². The lowest BCUT2D eigenvalue weighted by Gasteiger charge is -2.29. The SMILES string of the molecule is O=S1(=O)CCN(C[C@H]2CCc3ccccc32)CC1. The maximum atomic E-state index is 11.4. The second-order valence-electron chi connectivity index (χ2n) is 5.39. The zero-order valence-electron chi connectivity index (χ0n) is 10.5. The van der Waals surface area contributed by atoms with Crippen molar-refractivity contribution in [2.75, 3.05) is 31.1 Å². The van der Waals surface area contributed by atoms with Gasteiger partial charge in [-0.25, -0.2) is 8.42 Å². The molecule has 3 rings (SSSR count). The Labute approximate surface area is 109 Å². The third-order valence-electron chi connectivity index (χ3n) is 4.17. The van der Waals surface area contributed by atoms with E-state index >= 15 is 0 Å². The molecule has 0 amide bonds. The number of nitrogens with zero attached hydrogens (tertiary/aromatic N) is 1. The molecule has 18 heavy (non-hydrogen) atoms. The van der Waals surface area contributed by atoms with E-state index in [0.717, 1.165) is 6.54 Å². The second kappa shape index (κ2) is 4.67. The molecule has 0 N–H and O–H groups in total. The van der Waals surface area contributed by atoms with Crippen molar-refractivity contribution in [3.63, 3.8) is 0 Å². The van der Waals surface area contributed by atoms with Gasteiger partial charge in [-0.3, -0.25) is 0 Å². The predicted molar refractivity (Wildman–Crippen MR) is 72.6 cm³/mol. The highest BCUT2D eigenvalue weighted by Crippen LogP contribution is 2.33. The van der Waals surface area contributed by atoms with E-state index < -0.39 is 9.84 Å². The largest absolute Gasteiger partial charge is 0.301 e. The van der Waals surface area contributed by atoms with Gasteiger partial charge < -0.3 is 4.90 Å². The third kappa shape index (κ3) is 2.45. The number of hydrogen-bond acceptors (Lipinski definition) is 3. The number of fused-ring (bicyclic) bond motifs is 1. The van der Waals surface area contributed by atoms with Crippen LogP contribution in [0.1, 0.15) is 23.5 Å². The van der Waals surface area contributed by atoms with Crippen LogP contribution in [0.5, 0.6) is 0 Å². The van der Waals surface area contributed by atoms with Gasteiger partial charge in [0.05, 0.1) is 11.5 Å². The summed E-state index contributed by atoms with van der Waals surface area (Å²) in [4.78, 5) is 2.31. The molecule has 1 heterocycles. The number of aryl methyl sites for hydroxylation is 1. The Morgan fingerprint density at radius 1 is 1.17 bits per heavy atom. The molecule has 1 aromatic rings. The van der Waals surface area contributed by atoms with E-state index in [2.05, 4.69) is 29.2 Å². The molecular formula is C14H19NO2S. The van der Waals surface area contributed by atoms with E-state index in [1.807, 2.05) is 0 Å². The van der Waals surface area contributed by atoms with Crippen molar-refractivity contribution in [3.8, 4) is 0 Å². The average Bonchev–Trinajstić information content (AvgIpc) is 2.76. The van der Waals surface area contributed by atoms with E-state index in [4.69, 9.17) is 0 Å². The van der Waals surface area contributed by atoms with Gasteiger partial charge in [0.2, 0.25) is 0 Å². The van der Waals surface area contributed by atoms with Gasteiger partial charge in [0, 0.05) is 19.6 Å². The topological polar surface area (TPSA) is 37.4 Å². The summed E-state index contributed by atoms with van der Waals surface area (Å²) >= 11 is 0. The van der Waals surface area contributed by atoms with Crippen molar-refractivity contribution in [2.45, 2.75) is 18.8 Å². The van der Waals surface area contributed by atoms with Crippen LogP contribution in [0, 0.1) is 0 Å². The molecule has 0 radical (unpaired) electrons. The van der Waals surface area contributed by atoms with E-state index in [1.165, 1.54) is 24.0 Å². The van der Waals surface area contributed by atoms with Crippen molar-refractivity contribution in [1.82, 2.24) is 4.90 Å². The van der Waals surface area contributed by atoms with Crippen LogP contribution in [-0.4, -0.2) is 44.5 Å². The average molecular weight is 265 g/mol. The molecule has 1 aliphatic carbocycles. The molecule has 3 nitrogen and oxygen atoms in total. The minimum atomic E-state index is -2.75. The third-order valence-corrected chi connectivity index (χ3v) is 5.78. The molecule has 1 fully saturated rings. The van der Waals surface area contributed by atoms with Crippen LogP contribution in [0.2, 0.25) is 0 Å². The molecular weight excluding hydrogens is 246 g/mol. The first-order valence-corrected chi connectivity index (χ1v) is 8.47. The molecule has 1 atom stereocenters. The number of rotatable bonds is 2. The van der Waals surface area contributed by atoms with Crippen molar-refractivity contribution in [3.05, 3.63) is 35.4 Å². The fourth-order valence-electron chi connectivity index (χ4n) is 3.08. The fraction of sp³-hybridized carbons (Fsp3) is 0.571. The zero-order valence-corrected chi connectivity index (χ0v) is 11.3. The maximum absolute atomic E-state index is 11.4. The van der Waals surface area contributed by atoms with Crippen LogP contribution in [-0.2, 0) is 16.3 Å². The summed E-state index contributed by atoms with van der Waals surface area (Å²) in [5.74, 6) is 1.27. The van der Waals surface area contributed by atoms with Crippen molar-refractivity contribution in [1.29, 1.82) is 0 Å². The Hall–Kier alpha value is -0.870. The molecule has 0 bridgehead atoms. The Balaban J connectivity index is 1.65. The van der Waals surface area contributed by atoms with Gasteiger partial charge >= 0.3 is 0 Å². The lowest BCUT2D eigenvalue weighted by molar-refractivity contribution is 0.275. The smallest absolute Gasteiger partial charge is 0.152 e. The van der Waals surface area contributed by atoms with Gasteiger partial charge in [-0.15, -0.1) is 0 Å². The molecule has 1 aliphatic heterocycles. The monoisotopic (exact) mass is 265 g/mol. The molecule has 4 heteroatoms. The quantitative estimate of drug-likeness (QED) is 0.812. The molecule has 2 aliphatic rings. The summed E-state index contributed by atoms with van der Waals surface area (Å²) in [7, 11) is -2.75. The standard InChI is InChI=1S/C14H19NO2S/c16-18(17)9-7-15(8-10-18)11-13-6-5-12-3-1-2-4-14(12)13/h1-4,13H,5-11H2/t13-/m1/s1. The van der Waals surface area contributed by atoms with Gasteiger partial charge in [-0.1, -0.05) is 24.3 Å². The van der Waals surface area contributed by atoms with Crippen molar-refractivity contribution in [2.24, 2.45) is 0 Å². The first-order valence-electron chi connectivity index (χ1n) is 6.65. The highest BCUT2D eigenvalue weighted by molar-refractivity contribution is 7.91. The highest BCUT2D eigenvalue weighted by Gasteiger charge is 2.27. The molecule has 1 saturated heterocycles. The molecule has 0 spiro atoms. The molecule has 0 aromatic heterocycles. The minimum Gasteiger partial charge on any atom is -0.301 e. The Morgan fingerprint density at radius 2 is 1.89 bits per heavy atom. The zero-order chi connectivity index (χ0) is 12.6. The first-order chi connectivity index (χ1) is 8.64. The summed E-state index contributed by atoms with van der Waals surface area (Å²) in [5, 5.41) is 0.